The Labute approximate surface area is 119 Å². The van der Waals surface area contributed by atoms with Crippen molar-refractivity contribution in [2.24, 2.45) is 0 Å². The molecule has 1 heterocycles. The van der Waals surface area contributed by atoms with Gasteiger partial charge in [-0.1, -0.05) is 28.1 Å². The lowest BCUT2D eigenvalue weighted by Crippen LogP contribution is -2.46. The molecule has 0 radical (unpaired) electrons. The zero-order valence-electron chi connectivity index (χ0n) is 11.5. The maximum Gasteiger partial charge on any atom is 0.0294 e. The van der Waals surface area contributed by atoms with Crippen molar-refractivity contribution in [1.29, 1.82) is 0 Å². The second-order valence-corrected chi connectivity index (χ2v) is 6.41. The second kappa shape index (κ2) is 6.18. The molecule has 1 saturated heterocycles. The lowest BCUT2D eigenvalue weighted by atomic mass is 9.97. The molecule has 3 atom stereocenters. The fourth-order valence-corrected chi connectivity index (χ4v) is 2.91. The van der Waals surface area contributed by atoms with Crippen LogP contribution in [0.2, 0.25) is 0 Å². The molecule has 2 rings (SSSR count). The van der Waals surface area contributed by atoms with E-state index in [-0.39, 0.29) is 0 Å². The largest absolute Gasteiger partial charge is 0.307 e. The molecule has 3 heteroatoms. The van der Waals surface area contributed by atoms with Crippen molar-refractivity contribution in [1.82, 2.24) is 10.2 Å². The van der Waals surface area contributed by atoms with Gasteiger partial charge >= 0.3 is 0 Å². The highest BCUT2D eigenvalue weighted by Crippen LogP contribution is 2.21. The summed E-state index contributed by atoms with van der Waals surface area (Å²) in [6.45, 7) is 5.77. The van der Waals surface area contributed by atoms with E-state index in [1.54, 1.807) is 0 Å². The maximum atomic E-state index is 3.76. The summed E-state index contributed by atoms with van der Waals surface area (Å²) in [4.78, 5) is 2.45. The fourth-order valence-electron chi connectivity index (χ4n) is 2.64. The quantitative estimate of drug-likeness (QED) is 0.918. The highest BCUT2D eigenvalue weighted by Gasteiger charge is 2.23. The van der Waals surface area contributed by atoms with Gasteiger partial charge in [-0.15, -0.1) is 0 Å². The molecule has 1 aromatic carbocycles. The van der Waals surface area contributed by atoms with Crippen LogP contribution in [-0.2, 0) is 0 Å². The van der Waals surface area contributed by atoms with Gasteiger partial charge < -0.3 is 10.2 Å². The average Bonchev–Trinajstić information content (AvgIpc) is 2.34. The zero-order valence-corrected chi connectivity index (χ0v) is 13.1. The van der Waals surface area contributed by atoms with Crippen LogP contribution in [0.1, 0.15) is 38.3 Å². The number of nitrogens with zero attached hydrogens (tertiary/aromatic N) is 1. The summed E-state index contributed by atoms with van der Waals surface area (Å²) >= 11 is 3.48. The number of benzene rings is 1. The van der Waals surface area contributed by atoms with Crippen LogP contribution in [0.3, 0.4) is 0 Å². The van der Waals surface area contributed by atoms with Crippen molar-refractivity contribution in [3.05, 3.63) is 34.3 Å². The van der Waals surface area contributed by atoms with Crippen LogP contribution in [0, 0.1) is 0 Å². The number of hydrogen-bond donors (Lipinski definition) is 1. The van der Waals surface area contributed by atoms with E-state index >= 15 is 0 Å². The molecule has 1 aromatic rings. The number of halogens is 1. The first-order valence-corrected chi connectivity index (χ1v) is 7.57. The normalized spacial score (nSPS) is 27.1. The van der Waals surface area contributed by atoms with Crippen LogP contribution in [0.15, 0.2) is 28.7 Å². The first-order chi connectivity index (χ1) is 8.56. The summed E-state index contributed by atoms with van der Waals surface area (Å²) in [6, 6.07) is 10.4. The molecule has 1 aliphatic rings. The minimum absolute atomic E-state index is 0.429. The Balaban J connectivity index is 1.91. The number of likely N-dealkylation sites (tertiary alicyclic amines) is 1. The van der Waals surface area contributed by atoms with Crippen molar-refractivity contribution in [3.8, 4) is 0 Å². The molecule has 1 fully saturated rings. The van der Waals surface area contributed by atoms with Gasteiger partial charge in [-0.3, -0.25) is 0 Å². The minimum atomic E-state index is 0.429. The number of nitrogens with one attached hydrogen (secondary N) is 1. The number of hydrogen-bond acceptors (Lipinski definition) is 2. The van der Waals surface area contributed by atoms with E-state index in [9.17, 15) is 0 Å². The summed E-state index contributed by atoms with van der Waals surface area (Å²) in [7, 11) is 2.22. The van der Waals surface area contributed by atoms with Gasteiger partial charge in [0.05, 0.1) is 0 Å². The lowest BCUT2D eigenvalue weighted by Gasteiger charge is -2.36. The lowest BCUT2D eigenvalue weighted by molar-refractivity contribution is 0.163. The molecule has 18 heavy (non-hydrogen) atoms. The van der Waals surface area contributed by atoms with Crippen LogP contribution in [0.25, 0.3) is 0 Å². The fraction of sp³-hybridized carbons (Fsp3) is 0.600. The molecule has 0 aliphatic carbocycles. The molecule has 0 saturated carbocycles. The van der Waals surface area contributed by atoms with Gasteiger partial charge in [0.2, 0.25) is 0 Å². The Morgan fingerprint density at radius 2 is 2.00 bits per heavy atom. The van der Waals surface area contributed by atoms with Crippen LogP contribution in [-0.4, -0.2) is 30.6 Å². The molecule has 0 aromatic heterocycles. The molecule has 0 spiro atoms. The predicted molar refractivity (Wildman–Crippen MR) is 80.8 cm³/mol. The monoisotopic (exact) mass is 310 g/mol. The van der Waals surface area contributed by atoms with Crippen molar-refractivity contribution >= 4 is 15.9 Å². The smallest absolute Gasteiger partial charge is 0.0294 e. The Morgan fingerprint density at radius 3 is 2.61 bits per heavy atom. The van der Waals surface area contributed by atoms with Gasteiger partial charge in [0.1, 0.15) is 0 Å². The first-order valence-electron chi connectivity index (χ1n) is 6.78. The van der Waals surface area contributed by atoms with Gasteiger partial charge in [-0.25, -0.2) is 0 Å². The maximum absolute atomic E-state index is 3.76. The molecule has 2 nitrogen and oxygen atoms in total. The van der Waals surface area contributed by atoms with Gasteiger partial charge in [0.15, 0.2) is 0 Å². The van der Waals surface area contributed by atoms with Crippen molar-refractivity contribution in [2.75, 3.05) is 13.6 Å². The SMILES string of the molecule is CC(NC1CCN(C)C(C)C1)c1ccc(Br)cc1. The third-order valence-electron chi connectivity index (χ3n) is 4.06. The van der Waals surface area contributed by atoms with E-state index in [1.807, 2.05) is 0 Å². The third-order valence-corrected chi connectivity index (χ3v) is 4.59. The summed E-state index contributed by atoms with van der Waals surface area (Å²) in [5, 5.41) is 3.76. The molecule has 100 valence electrons. The molecular formula is C15H23BrN2. The zero-order chi connectivity index (χ0) is 13.1. The topological polar surface area (TPSA) is 15.3 Å². The molecule has 0 bridgehead atoms. The third kappa shape index (κ3) is 3.56. The van der Waals surface area contributed by atoms with E-state index in [0.29, 0.717) is 18.1 Å². The highest BCUT2D eigenvalue weighted by atomic mass is 79.9. The van der Waals surface area contributed by atoms with Crippen LogP contribution in [0.4, 0.5) is 0 Å². The van der Waals surface area contributed by atoms with Gasteiger partial charge in [0, 0.05) is 22.6 Å². The Bertz CT molecular complexity index is 377. The standard InChI is InChI=1S/C15H23BrN2/c1-11-10-15(8-9-18(11)3)17-12(2)13-4-6-14(16)7-5-13/h4-7,11-12,15,17H,8-10H2,1-3H3. The van der Waals surface area contributed by atoms with Gasteiger partial charge in [-0.05, 0) is 58.0 Å². The average molecular weight is 311 g/mol. The highest BCUT2D eigenvalue weighted by molar-refractivity contribution is 9.10. The molecule has 1 aliphatic heterocycles. The van der Waals surface area contributed by atoms with E-state index in [2.05, 4.69) is 71.3 Å². The van der Waals surface area contributed by atoms with E-state index in [1.165, 1.54) is 24.9 Å². The summed E-state index contributed by atoms with van der Waals surface area (Å²) in [5.74, 6) is 0. The summed E-state index contributed by atoms with van der Waals surface area (Å²) in [5.41, 5.74) is 1.37. The van der Waals surface area contributed by atoms with Crippen LogP contribution in [0.5, 0.6) is 0 Å². The predicted octanol–water partition coefficient (Wildman–Crippen LogP) is 3.58. The summed E-state index contributed by atoms with van der Waals surface area (Å²) in [6.07, 6.45) is 2.50. The number of piperidine rings is 1. The van der Waals surface area contributed by atoms with Crippen LogP contribution < -0.4 is 5.32 Å². The Morgan fingerprint density at radius 1 is 1.33 bits per heavy atom. The van der Waals surface area contributed by atoms with E-state index in [0.717, 1.165) is 4.47 Å². The van der Waals surface area contributed by atoms with Gasteiger partial charge in [-0.2, -0.15) is 0 Å². The second-order valence-electron chi connectivity index (χ2n) is 5.49. The molecular weight excluding hydrogens is 288 g/mol. The molecule has 1 N–H and O–H groups in total. The molecule has 3 unspecified atom stereocenters. The summed E-state index contributed by atoms with van der Waals surface area (Å²) < 4.78 is 1.14. The van der Waals surface area contributed by atoms with Crippen LogP contribution >= 0.6 is 15.9 Å². The van der Waals surface area contributed by atoms with Crippen molar-refractivity contribution in [3.63, 3.8) is 0 Å². The first kappa shape index (κ1) is 14.0. The van der Waals surface area contributed by atoms with E-state index in [4.69, 9.17) is 0 Å². The van der Waals surface area contributed by atoms with Crippen molar-refractivity contribution < 1.29 is 0 Å². The minimum Gasteiger partial charge on any atom is -0.307 e. The van der Waals surface area contributed by atoms with Gasteiger partial charge in [0.25, 0.3) is 0 Å². The molecule has 0 amide bonds. The van der Waals surface area contributed by atoms with Crippen molar-refractivity contribution in [2.45, 2.75) is 44.8 Å². The Kier molecular flexibility index (Phi) is 4.82. The number of rotatable bonds is 3. The van der Waals surface area contributed by atoms with E-state index < -0.39 is 0 Å². The Hall–Kier alpha value is -0.380.